The Kier molecular flexibility index (Phi) is 18.1. The molecule has 24 heteroatoms. The van der Waals surface area contributed by atoms with Crippen LogP contribution in [0, 0.1) is 0 Å². The molecule has 2 aliphatic rings. The van der Waals surface area contributed by atoms with Crippen molar-refractivity contribution in [1.29, 1.82) is 0 Å². The molecular formula is C60H68Cl2N16O5Si. The lowest BCUT2D eigenvalue weighted by Crippen LogP contribution is -2.38. The van der Waals surface area contributed by atoms with Gasteiger partial charge in [-0.2, -0.15) is 10.2 Å². The number of pyridine rings is 2. The standard InChI is InChI=1S/C33H41ClN8O3Si.C27H27ClN8O2/c1-23(24-6-5-9-35-19-24)37-33(43)27-21-41(22-45-16-17-46(2,3)4)32-31(27)38-28(20-36-32)30-26-8-7-25(34)18-29(26)42(39-30)11-10-40-12-14-44-15-13-40;1-17(18-3-2-6-29-14-18)32-27(37)21-15-30-26-25(21)33-22(16-31-26)24-20-5-4-19(28)13-23(20)36(34-24)8-7-35-9-11-38-12-10-35/h5-9,18-21,23H,10-17,22H2,1-4H3,(H,37,43);2-6,13-17H,7-12H2,1H3,(H,30,31)(H,32,37). The number of morpholine rings is 2. The fraction of sp³-hybridized carbons (Fsp3) is 0.367. The second kappa shape index (κ2) is 26.2. The lowest BCUT2D eigenvalue weighted by Gasteiger charge is -2.26. The van der Waals surface area contributed by atoms with Gasteiger partial charge in [-0.1, -0.05) is 55.0 Å². The van der Waals surface area contributed by atoms with Crippen LogP contribution in [-0.4, -0.2) is 161 Å². The van der Waals surface area contributed by atoms with Crippen LogP contribution in [-0.2, 0) is 34.0 Å². The largest absolute Gasteiger partial charge is 0.379 e. The first kappa shape index (κ1) is 58.2. The number of hydrogen-bond donors (Lipinski definition) is 3. The van der Waals surface area contributed by atoms with E-state index in [1.54, 1.807) is 49.6 Å². The summed E-state index contributed by atoms with van der Waals surface area (Å²) >= 11 is 12.8. The molecule has 84 heavy (non-hydrogen) atoms. The third-order valence-electron chi connectivity index (χ3n) is 15.1. The van der Waals surface area contributed by atoms with Gasteiger partial charge in [-0.3, -0.25) is 38.7 Å². The maximum absolute atomic E-state index is 13.8. The normalized spacial score (nSPS) is 15.1. The minimum absolute atomic E-state index is 0.215. The Balaban J connectivity index is 0.000000178. The molecule has 10 heterocycles. The Morgan fingerprint density at radius 1 is 0.679 bits per heavy atom. The fourth-order valence-corrected chi connectivity index (χ4v) is 11.4. The number of aromatic amines is 1. The highest BCUT2D eigenvalue weighted by Gasteiger charge is 2.25. The first-order chi connectivity index (χ1) is 40.7. The van der Waals surface area contributed by atoms with Gasteiger partial charge in [0.25, 0.3) is 11.8 Å². The Morgan fingerprint density at radius 3 is 1.73 bits per heavy atom. The molecule has 0 spiro atoms. The molecule has 21 nitrogen and oxygen atoms in total. The summed E-state index contributed by atoms with van der Waals surface area (Å²) < 4.78 is 22.9. The minimum Gasteiger partial charge on any atom is -0.379 e. The minimum atomic E-state index is -1.25. The van der Waals surface area contributed by atoms with Crippen LogP contribution in [0.1, 0.15) is 57.8 Å². The summed E-state index contributed by atoms with van der Waals surface area (Å²) in [5.74, 6) is -0.493. The number of carbonyl (C=O) groups is 2. The highest BCUT2D eigenvalue weighted by atomic mass is 35.5. The van der Waals surface area contributed by atoms with E-state index in [-0.39, 0.29) is 30.6 Å². The molecule has 3 N–H and O–H groups in total. The summed E-state index contributed by atoms with van der Waals surface area (Å²) in [6.45, 7) is 21.4. The van der Waals surface area contributed by atoms with E-state index >= 15 is 0 Å². The van der Waals surface area contributed by atoms with Gasteiger partial charge in [-0.25, -0.2) is 19.9 Å². The molecule has 2 amide bonds. The number of halogens is 2. The van der Waals surface area contributed by atoms with Gasteiger partial charge in [0, 0.05) is 112 Å². The summed E-state index contributed by atoms with van der Waals surface area (Å²) in [5, 5.41) is 19.2. The van der Waals surface area contributed by atoms with Crippen molar-refractivity contribution >= 4 is 87.2 Å². The number of hydrogen-bond acceptors (Lipinski definition) is 15. The van der Waals surface area contributed by atoms with Gasteiger partial charge in [0.2, 0.25) is 0 Å². The Morgan fingerprint density at radius 2 is 1.20 bits per heavy atom. The molecule has 2 unspecified atom stereocenters. The van der Waals surface area contributed by atoms with Crippen molar-refractivity contribution in [2.75, 3.05) is 72.3 Å². The van der Waals surface area contributed by atoms with Crippen LogP contribution in [0.4, 0.5) is 0 Å². The van der Waals surface area contributed by atoms with E-state index in [2.05, 4.69) is 60.0 Å². The van der Waals surface area contributed by atoms with E-state index in [1.807, 2.05) is 88.4 Å². The number of nitrogens with zero attached hydrogens (tertiary/aromatic N) is 13. The lowest BCUT2D eigenvalue weighted by molar-refractivity contribution is 0.0361. The van der Waals surface area contributed by atoms with Crippen LogP contribution in [0.3, 0.4) is 0 Å². The molecule has 2 saturated heterocycles. The van der Waals surface area contributed by atoms with E-state index in [9.17, 15) is 9.59 Å². The van der Waals surface area contributed by atoms with Crippen molar-refractivity contribution in [3.05, 3.63) is 143 Å². The maximum atomic E-state index is 13.8. The molecule has 0 radical (unpaired) electrons. The van der Waals surface area contributed by atoms with E-state index in [0.717, 1.165) is 105 Å². The summed E-state index contributed by atoms with van der Waals surface area (Å²) in [4.78, 5) is 62.3. The van der Waals surface area contributed by atoms with Crippen LogP contribution in [0.5, 0.6) is 0 Å². The van der Waals surface area contributed by atoms with Crippen LogP contribution in [0.2, 0.25) is 35.7 Å². The maximum Gasteiger partial charge on any atom is 0.255 e. The van der Waals surface area contributed by atoms with Crippen molar-refractivity contribution in [3.63, 3.8) is 0 Å². The Labute approximate surface area is 497 Å². The smallest absolute Gasteiger partial charge is 0.255 e. The molecule has 12 rings (SSSR count). The molecular weight excluding hydrogens is 1120 g/mol. The lowest BCUT2D eigenvalue weighted by atomic mass is 10.1. The quantitative estimate of drug-likeness (QED) is 0.0506. The van der Waals surface area contributed by atoms with Gasteiger partial charge in [0.15, 0.2) is 11.3 Å². The van der Waals surface area contributed by atoms with Gasteiger partial charge >= 0.3 is 0 Å². The molecule has 0 aliphatic carbocycles. The highest BCUT2D eigenvalue weighted by molar-refractivity contribution is 6.76. The molecule has 0 saturated carbocycles. The number of aromatic nitrogens is 12. The number of carbonyl (C=O) groups excluding carboxylic acids is 2. The molecule has 2 aromatic carbocycles. The van der Waals surface area contributed by atoms with Crippen molar-refractivity contribution in [3.8, 4) is 22.8 Å². The third kappa shape index (κ3) is 13.7. The highest BCUT2D eigenvalue weighted by Crippen LogP contribution is 2.33. The van der Waals surface area contributed by atoms with E-state index < -0.39 is 8.07 Å². The Bertz CT molecular complexity index is 3910. The number of H-pyrrole nitrogens is 1. The zero-order chi connectivity index (χ0) is 58.3. The predicted octanol–water partition coefficient (Wildman–Crippen LogP) is 9.48. The first-order valence-electron chi connectivity index (χ1n) is 28.4. The summed E-state index contributed by atoms with van der Waals surface area (Å²) in [7, 11) is -1.25. The van der Waals surface area contributed by atoms with Gasteiger partial charge in [0.1, 0.15) is 40.5 Å². The number of fused-ring (bicyclic) bond motifs is 4. The second-order valence-corrected chi connectivity index (χ2v) is 28.8. The molecule has 2 fully saturated rings. The van der Waals surface area contributed by atoms with Gasteiger partial charge < -0.3 is 34.4 Å². The molecule has 0 bridgehead atoms. The second-order valence-electron chi connectivity index (χ2n) is 22.3. The van der Waals surface area contributed by atoms with Gasteiger partial charge in [-0.15, -0.1) is 0 Å². The van der Waals surface area contributed by atoms with E-state index in [1.165, 1.54) is 0 Å². The topological polar surface area (TPSA) is 226 Å². The number of amides is 2. The number of benzene rings is 2. The average Bonchev–Trinajstić information content (AvgIpc) is 3.00. The van der Waals surface area contributed by atoms with Crippen LogP contribution >= 0.6 is 23.2 Å². The summed E-state index contributed by atoms with van der Waals surface area (Å²) in [6.07, 6.45) is 13.7. The molecule has 2 atom stereocenters. The van der Waals surface area contributed by atoms with E-state index in [0.29, 0.717) is 86.0 Å². The van der Waals surface area contributed by atoms with Crippen LogP contribution in [0.25, 0.3) is 66.9 Å². The van der Waals surface area contributed by atoms with Crippen molar-refractivity contribution < 1.29 is 23.8 Å². The zero-order valence-electron chi connectivity index (χ0n) is 47.8. The van der Waals surface area contributed by atoms with E-state index in [4.69, 9.17) is 62.6 Å². The summed E-state index contributed by atoms with van der Waals surface area (Å²) in [5.41, 5.74) is 9.18. The molecule has 436 valence electrons. The van der Waals surface area contributed by atoms with Crippen LogP contribution in [0.15, 0.2) is 110 Å². The average molecular weight is 1190 g/mol. The first-order valence-corrected chi connectivity index (χ1v) is 32.8. The van der Waals surface area contributed by atoms with Crippen molar-refractivity contribution in [2.24, 2.45) is 0 Å². The van der Waals surface area contributed by atoms with Gasteiger partial charge in [0.05, 0.1) is 86.2 Å². The molecule has 10 aromatic rings. The SMILES string of the molecule is CC(NC(=O)c1c[nH]c2ncc(-c3nn(CCN4CCOCC4)c4cc(Cl)ccc34)nc12)c1cccnc1.CC(NC(=O)c1cn(COCC[Si](C)(C)C)c2ncc(-c3nn(CCN4CCOCC4)c4cc(Cl)ccc34)nc12)c1cccnc1. The number of ether oxygens (including phenoxy) is 3. The number of nitrogens with one attached hydrogen (secondary N) is 3. The van der Waals surface area contributed by atoms with Crippen molar-refractivity contribution in [2.45, 2.75) is 71.4 Å². The summed E-state index contributed by atoms with van der Waals surface area (Å²) in [6, 6.07) is 19.7. The molecule has 2 aliphatic heterocycles. The third-order valence-corrected chi connectivity index (χ3v) is 17.3. The van der Waals surface area contributed by atoms with Crippen LogP contribution < -0.4 is 10.6 Å². The molecule has 8 aromatic heterocycles. The monoisotopic (exact) mass is 1190 g/mol. The fourth-order valence-electron chi connectivity index (χ4n) is 10.3. The zero-order valence-corrected chi connectivity index (χ0v) is 50.3. The Hall–Kier alpha value is -7.54. The predicted molar refractivity (Wildman–Crippen MR) is 328 cm³/mol. The van der Waals surface area contributed by atoms with Gasteiger partial charge in [-0.05, 0) is 79.5 Å². The van der Waals surface area contributed by atoms with Crippen molar-refractivity contribution in [1.82, 2.24) is 79.4 Å². The number of rotatable bonds is 19.